The predicted octanol–water partition coefficient (Wildman–Crippen LogP) is 2.88. The van der Waals surface area contributed by atoms with Crippen LogP contribution >= 0.6 is 0 Å². The molecule has 0 spiro atoms. The zero-order chi connectivity index (χ0) is 24.0. The predicted molar refractivity (Wildman–Crippen MR) is 126 cm³/mol. The summed E-state index contributed by atoms with van der Waals surface area (Å²) >= 11 is 0. The minimum absolute atomic E-state index is 0.0232. The number of aryl methyl sites for hydroxylation is 1. The second kappa shape index (κ2) is 10.9. The van der Waals surface area contributed by atoms with Gasteiger partial charge in [-0.05, 0) is 37.5 Å². The van der Waals surface area contributed by atoms with Crippen molar-refractivity contribution in [1.29, 1.82) is 0 Å². The highest BCUT2D eigenvalue weighted by Crippen LogP contribution is 2.39. The lowest BCUT2D eigenvalue weighted by Gasteiger charge is -2.30. The summed E-state index contributed by atoms with van der Waals surface area (Å²) in [4.78, 5) is 12.8. The molecule has 2 aromatic rings. The summed E-state index contributed by atoms with van der Waals surface area (Å²) in [7, 11) is 1.19. The van der Waals surface area contributed by atoms with Crippen molar-refractivity contribution in [2.75, 3.05) is 34.4 Å². The number of rotatable bonds is 9. The van der Waals surface area contributed by atoms with E-state index >= 15 is 0 Å². The molecule has 0 saturated carbocycles. The second-order valence-electron chi connectivity index (χ2n) is 8.13. The van der Waals surface area contributed by atoms with Gasteiger partial charge in [-0.2, -0.15) is 0 Å². The van der Waals surface area contributed by atoms with Crippen molar-refractivity contribution in [3.05, 3.63) is 53.1 Å². The highest BCUT2D eigenvalue weighted by atomic mass is 32.2. The number of carbonyl (C=O) groups excluding carboxylic acids is 1. The Balaban J connectivity index is 1.57. The number of nitrogens with zero attached hydrogens (tertiary/aromatic N) is 1. The van der Waals surface area contributed by atoms with Gasteiger partial charge in [0.2, 0.25) is 21.7 Å². The summed E-state index contributed by atoms with van der Waals surface area (Å²) in [6, 6.07) is 11.1. The molecule has 1 aliphatic heterocycles. The summed E-state index contributed by atoms with van der Waals surface area (Å²) in [5, 5.41) is 2.95. The molecule has 3 rings (SSSR count). The zero-order valence-electron chi connectivity index (χ0n) is 19.6. The Morgan fingerprint density at radius 2 is 1.73 bits per heavy atom. The number of amides is 1. The van der Waals surface area contributed by atoms with Gasteiger partial charge >= 0.3 is 0 Å². The Kier molecular flexibility index (Phi) is 8.20. The minimum atomic E-state index is -3.42. The molecule has 0 aliphatic carbocycles. The lowest BCUT2D eigenvalue weighted by atomic mass is 9.97. The molecular formula is C24H32N2O6S. The van der Waals surface area contributed by atoms with Gasteiger partial charge in [-0.25, -0.2) is 12.7 Å². The van der Waals surface area contributed by atoms with Crippen molar-refractivity contribution in [1.82, 2.24) is 9.62 Å². The van der Waals surface area contributed by atoms with E-state index in [0.29, 0.717) is 43.2 Å². The average molecular weight is 477 g/mol. The standard InChI is InChI=1S/C24H32N2O6S/c1-17-6-5-7-18(14-17)16-33(28,29)26-12-10-19(11-13-26)24(27)25-15-20-8-9-21(30-2)23(32-4)22(20)31-3/h5-9,14,19H,10-13,15-16H2,1-4H3,(H,25,27). The maximum Gasteiger partial charge on any atom is 0.223 e. The molecule has 1 aliphatic rings. The van der Waals surface area contributed by atoms with Crippen LogP contribution in [0.1, 0.15) is 29.5 Å². The van der Waals surface area contributed by atoms with Crippen molar-refractivity contribution in [3.8, 4) is 17.2 Å². The first-order valence-corrected chi connectivity index (χ1v) is 12.5. The number of benzene rings is 2. The Labute approximate surface area is 195 Å². The molecule has 2 aromatic carbocycles. The van der Waals surface area contributed by atoms with Crippen LogP contribution in [0.5, 0.6) is 17.2 Å². The lowest BCUT2D eigenvalue weighted by Crippen LogP contribution is -2.43. The normalized spacial score (nSPS) is 15.2. The molecule has 0 radical (unpaired) electrons. The van der Waals surface area contributed by atoms with Crippen molar-refractivity contribution in [2.24, 2.45) is 5.92 Å². The maximum absolute atomic E-state index is 12.8. The van der Waals surface area contributed by atoms with E-state index in [2.05, 4.69) is 5.32 Å². The largest absolute Gasteiger partial charge is 0.493 e. The second-order valence-corrected chi connectivity index (χ2v) is 10.1. The first-order valence-electron chi connectivity index (χ1n) is 10.9. The van der Waals surface area contributed by atoms with E-state index in [1.165, 1.54) is 18.5 Å². The molecule has 1 fully saturated rings. The van der Waals surface area contributed by atoms with Gasteiger partial charge in [0, 0.05) is 31.1 Å². The number of sulfonamides is 1. The third-order valence-electron chi connectivity index (χ3n) is 5.89. The summed E-state index contributed by atoms with van der Waals surface area (Å²) in [6.07, 6.45) is 0.976. The molecule has 8 nitrogen and oxygen atoms in total. The van der Waals surface area contributed by atoms with Crippen LogP contribution in [0.3, 0.4) is 0 Å². The molecule has 0 bridgehead atoms. The monoisotopic (exact) mass is 476 g/mol. The van der Waals surface area contributed by atoms with Crippen molar-refractivity contribution in [2.45, 2.75) is 32.1 Å². The third kappa shape index (κ3) is 5.97. The zero-order valence-corrected chi connectivity index (χ0v) is 20.4. The van der Waals surface area contributed by atoms with Gasteiger partial charge < -0.3 is 19.5 Å². The van der Waals surface area contributed by atoms with Crippen LogP contribution in [0.2, 0.25) is 0 Å². The van der Waals surface area contributed by atoms with Crippen LogP contribution in [0.25, 0.3) is 0 Å². The van der Waals surface area contributed by atoms with Crippen molar-refractivity contribution >= 4 is 15.9 Å². The van der Waals surface area contributed by atoms with Crippen LogP contribution in [0.4, 0.5) is 0 Å². The molecule has 0 unspecified atom stereocenters. The van der Waals surface area contributed by atoms with Gasteiger partial charge in [0.15, 0.2) is 11.5 Å². The van der Waals surface area contributed by atoms with E-state index in [4.69, 9.17) is 14.2 Å². The molecule has 1 amide bonds. The Bertz CT molecular complexity index is 1080. The number of hydrogen-bond acceptors (Lipinski definition) is 6. The van der Waals surface area contributed by atoms with E-state index in [9.17, 15) is 13.2 Å². The summed E-state index contributed by atoms with van der Waals surface area (Å²) in [5.74, 6) is 1.17. The Morgan fingerprint density at radius 1 is 1.03 bits per heavy atom. The minimum Gasteiger partial charge on any atom is -0.493 e. The van der Waals surface area contributed by atoms with Gasteiger partial charge in [0.05, 0.1) is 27.1 Å². The van der Waals surface area contributed by atoms with E-state index < -0.39 is 10.0 Å². The number of nitrogens with one attached hydrogen (secondary N) is 1. The SMILES string of the molecule is COc1ccc(CNC(=O)C2CCN(S(=O)(=O)Cc3cccc(C)c3)CC2)c(OC)c1OC. The Hall–Kier alpha value is -2.78. The highest BCUT2D eigenvalue weighted by molar-refractivity contribution is 7.88. The van der Waals surface area contributed by atoms with E-state index in [0.717, 1.165) is 16.7 Å². The summed E-state index contributed by atoms with van der Waals surface area (Å²) in [5.41, 5.74) is 2.57. The third-order valence-corrected chi connectivity index (χ3v) is 7.74. The fraction of sp³-hybridized carbons (Fsp3) is 0.458. The topological polar surface area (TPSA) is 94.2 Å². The molecule has 0 aromatic heterocycles. The molecule has 180 valence electrons. The van der Waals surface area contributed by atoms with E-state index in [1.807, 2.05) is 37.3 Å². The maximum atomic E-state index is 12.8. The van der Waals surface area contributed by atoms with E-state index in [-0.39, 0.29) is 24.1 Å². The molecule has 1 heterocycles. The summed E-state index contributed by atoms with van der Waals surface area (Å²) < 4.78 is 43.3. The average Bonchev–Trinajstić information content (AvgIpc) is 2.81. The quantitative estimate of drug-likeness (QED) is 0.598. The fourth-order valence-corrected chi connectivity index (χ4v) is 5.68. The van der Waals surface area contributed by atoms with Crippen molar-refractivity contribution < 1.29 is 27.4 Å². The van der Waals surface area contributed by atoms with E-state index in [1.54, 1.807) is 13.2 Å². The first kappa shape index (κ1) is 24.9. The lowest BCUT2D eigenvalue weighted by molar-refractivity contribution is -0.126. The summed E-state index contributed by atoms with van der Waals surface area (Å²) in [6.45, 7) is 2.89. The molecular weight excluding hydrogens is 444 g/mol. The molecule has 1 saturated heterocycles. The number of piperidine rings is 1. The first-order chi connectivity index (χ1) is 15.8. The molecule has 33 heavy (non-hydrogen) atoms. The van der Waals surface area contributed by atoms with Crippen LogP contribution in [0, 0.1) is 12.8 Å². The van der Waals surface area contributed by atoms with Crippen molar-refractivity contribution in [3.63, 3.8) is 0 Å². The number of carbonyl (C=O) groups is 1. The molecule has 0 atom stereocenters. The van der Waals surface area contributed by atoms with Crippen LogP contribution in [-0.4, -0.2) is 53.0 Å². The van der Waals surface area contributed by atoms with Gasteiger partial charge in [0.1, 0.15) is 0 Å². The van der Waals surface area contributed by atoms with Crippen LogP contribution in [-0.2, 0) is 27.1 Å². The van der Waals surface area contributed by atoms with Crippen LogP contribution < -0.4 is 19.5 Å². The Morgan fingerprint density at radius 3 is 2.33 bits per heavy atom. The smallest absolute Gasteiger partial charge is 0.223 e. The molecule has 1 N–H and O–H groups in total. The number of ether oxygens (including phenoxy) is 3. The van der Waals surface area contributed by atoms with Gasteiger partial charge in [-0.3, -0.25) is 4.79 Å². The number of hydrogen-bond donors (Lipinski definition) is 1. The van der Waals surface area contributed by atoms with Gasteiger partial charge in [-0.15, -0.1) is 0 Å². The molecule has 9 heteroatoms. The van der Waals surface area contributed by atoms with Gasteiger partial charge in [0.25, 0.3) is 0 Å². The van der Waals surface area contributed by atoms with Gasteiger partial charge in [-0.1, -0.05) is 29.8 Å². The number of methoxy groups -OCH3 is 3. The highest BCUT2D eigenvalue weighted by Gasteiger charge is 2.31. The van der Waals surface area contributed by atoms with Crippen LogP contribution in [0.15, 0.2) is 36.4 Å². The fourth-order valence-electron chi connectivity index (χ4n) is 4.13.